The average Bonchev–Trinajstić information content (AvgIpc) is 2.53. The first-order chi connectivity index (χ1) is 10.9. The second-order valence-electron chi connectivity index (χ2n) is 6.53. The molecule has 2 aliphatic rings. The Morgan fingerprint density at radius 3 is 2.65 bits per heavy atom. The van der Waals surface area contributed by atoms with E-state index in [4.69, 9.17) is 0 Å². The Morgan fingerprint density at radius 2 is 1.96 bits per heavy atom. The first-order valence-corrected chi connectivity index (χ1v) is 9.78. The van der Waals surface area contributed by atoms with Crippen LogP contribution < -0.4 is 4.90 Å². The number of piperidine rings is 1. The molecule has 2 heterocycles. The summed E-state index contributed by atoms with van der Waals surface area (Å²) < 4.78 is 27.5. The minimum atomic E-state index is -3.45. The highest BCUT2D eigenvalue weighted by atomic mass is 32.2. The summed E-state index contributed by atoms with van der Waals surface area (Å²) >= 11 is 0. The largest absolute Gasteiger partial charge is 0.312 e. The third-order valence-corrected chi connectivity index (χ3v) is 6.91. The monoisotopic (exact) mass is 336 g/mol. The minimum absolute atomic E-state index is 0.00575. The summed E-state index contributed by atoms with van der Waals surface area (Å²) in [4.78, 5) is 13.8. The van der Waals surface area contributed by atoms with Crippen molar-refractivity contribution in [1.82, 2.24) is 4.31 Å². The van der Waals surface area contributed by atoms with Crippen LogP contribution in [0.15, 0.2) is 23.1 Å². The van der Waals surface area contributed by atoms with Gasteiger partial charge in [0.1, 0.15) is 0 Å². The smallest absolute Gasteiger partial charge is 0.243 e. The van der Waals surface area contributed by atoms with Gasteiger partial charge < -0.3 is 4.90 Å². The summed E-state index contributed by atoms with van der Waals surface area (Å²) in [6.45, 7) is 4.83. The van der Waals surface area contributed by atoms with Gasteiger partial charge in [-0.05, 0) is 56.4 Å². The van der Waals surface area contributed by atoms with Gasteiger partial charge in [0.05, 0.1) is 4.90 Å². The van der Waals surface area contributed by atoms with Crippen molar-refractivity contribution in [3.63, 3.8) is 0 Å². The molecule has 1 fully saturated rings. The molecular weight excluding hydrogens is 312 g/mol. The second-order valence-corrected chi connectivity index (χ2v) is 8.42. The topological polar surface area (TPSA) is 57.7 Å². The van der Waals surface area contributed by atoms with Crippen molar-refractivity contribution in [2.75, 3.05) is 18.0 Å². The Bertz CT molecular complexity index is 715. The number of amides is 1. The van der Waals surface area contributed by atoms with Gasteiger partial charge in [-0.1, -0.05) is 6.42 Å². The van der Waals surface area contributed by atoms with Crippen LogP contribution in [0.4, 0.5) is 5.69 Å². The zero-order valence-electron chi connectivity index (χ0n) is 13.8. The molecule has 3 rings (SSSR count). The number of anilines is 1. The molecule has 0 aromatic heterocycles. The van der Waals surface area contributed by atoms with Gasteiger partial charge in [-0.3, -0.25) is 4.79 Å². The van der Waals surface area contributed by atoms with E-state index in [0.717, 1.165) is 43.4 Å². The van der Waals surface area contributed by atoms with Crippen LogP contribution in [0, 0.1) is 0 Å². The fraction of sp³-hybridized carbons (Fsp3) is 0.588. The van der Waals surface area contributed by atoms with Crippen molar-refractivity contribution in [3.8, 4) is 0 Å². The van der Waals surface area contributed by atoms with E-state index < -0.39 is 10.0 Å². The van der Waals surface area contributed by atoms with E-state index in [9.17, 15) is 13.2 Å². The van der Waals surface area contributed by atoms with Crippen molar-refractivity contribution in [2.45, 2.75) is 56.9 Å². The van der Waals surface area contributed by atoms with Crippen LogP contribution >= 0.6 is 0 Å². The quantitative estimate of drug-likeness (QED) is 0.834. The van der Waals surface area contributed by atoms with Crippen LogP contribution in [0.2, 0.25) is 0 Å². The number of nitrogens with zero attached hydrogens (tertiary/aromatic N) is 2. The minimum Gasteiger partial charge on any atom is -0.312 e. The van der Waals surface area contributed by atoms with Gasteiger partial charge in [-0.2, -0.15) is 4.31 Å². The van der Waals surface area contributed by atoms with Gasteiger partial charge in [0.25, 0.3) is 0 Å². The molecule has 1 aromatic rings. The van der Waals surface area contributed by atoms with Crippen molar-refractivity contribution < 1.29 is 13.2 Å². The lowest BCUT2D eigenvalue weighted by Gasteiger charge is -2.33. The zero-order chi connectivity index (χ0) is 16.6. The number of carbonyl (C=O) groups excluding carboxylic acids is 1. The van der Waals surface area contributed by atoms with Gasteiger partial charge in [0, 0.05) is 31.7 Å². The lowest BCUT2D eigenvalue weighted by atomic mass is 10.0. The molecule has 0 spiro atoms. The lowest BCUT2D eigenvalue weighted by Crippen LogP contribution is -2.42. The van der Waals surface area contributed by atoms with Crippen LogP contribution in [0.1, 0.15) is 45.1 Å². The van der Waals surface area contributed by atoms with Crippen LogP contribution in [-0.4, -0.2) is 37.8 Å². The summed E-state index contributed by atoms with van der Waals surface area (Å²) in [6, 6.07) is 5.26. The lowest BCUT2D eigenvalue weighted by molar-refractivity contribution is -0.116. The Morgan fingerprint density at radius 1 is 1.17 bits per heavy atom. The summed E-state index contributed by atoms with van der Waals surface area (Å²) in [6.07, 6.45) is 4.62. The van der Waals surface area contributed by atoms with Crippen molar-refractivity contribution in [1.29, 1.82) is 0 Å². The molecular formula is C17H24N2O3S. The van der Waals surface area contributed by atoms with Gasteiger partial charge >= 0.3 is 0 Å². The molecule has 0 N–H and O–H groups in total. The van der Waals surface area contributed by atoms with Gasteiger partial charge in [0.2, 0.25) is 15.9 Å². The molecule has 1 amide bonds. The molecule has 0 unspecified atom stereocenters. The molecule has 1 aromatic carbocycles. The molecule has 6 heteroatoms. The average molecular weight is 336 g/mol. The fourth-order valence-electron chi connectivity index (χ4n) is 3.63. The predicted molar refractivity (Wildman–Crippen MR) is 90.0 cm³/mol. The van der Waals surface area contributed by atoms with E-state index in [-0.39, 0.29) is 11.9 Å². The summed E-state index contributed by atoms with van der Waals surface area (Å²) in [5, 5.41) is 0. The summed E-state index contributed by atoms with van der Waals surface area (Å²) in [7, 11) is -3.45. The van der Waals surface area contributed by atoms with Gasteiger partial charge in [-0.25, -0.2) is 8.42 Å². The highest BCUT2D eigenvalue weighted by Crippen LogP contribution is 2.32. The third-order valence-electron chi connectivity index (χ3n) is 4.90. The molecule has 2 aliphatic heterocycles. The van der Waals surface area contributed by atoms with Gasteiger partial charge in [-0.15, -0.1) is 0 Å². The molecule has 5 nitrogen and oxygen atoms in total. The normalized spacial score (nSPS) is 22.7. The molecule has 0 bridgehead atoms. The van der Waals surface area contributed by atoms with E-state index in [0.29, 0.717) is 18.0 Å². The molecule has 0 saturated carbocycles. The summed E-state index contributed by atoms with van der Waals surface area (Å²) in [5.74, 6) is 0.00575. The predicted octanol–water partition coefficient (Wildman–Crippen LogP) is 2.55. The first kappa shape index (κ1) is 16.5. The number of hydrogen-bond donors (Lipinski definition) is 0. The van der Waals surface area contributed by atoms with Gasteiger partial charge in [0.15, 0.2) is 0 Å². The third kappa shape index (κ3) is 3.02. The number of hydrogen-bond acceptors (Lipinski definition) is 3. The Labute approximate surface area is 138 Å². The molecule has 126 valence electrons. The van der Waals surface area contributed by atoms with E-state index in [1.165, 1.54) is 0 Å². The maximum absolute atomic E-state index is 12.9. The number of sulfonamides is 1. The fourth-order valence-corrected chi connectivity index (χ4v) is 5.38. The molecule has 0 radical (unpaired) electrons. The SMILES string of the molecule is CC(=O)N1CCCc2cc(S(=O)(=O)N3CCCC[C@H]3C)ccc21. The highest BCUT2D eigenvalue weighted by Gasteiger charge is 2.32. The molecule has 0 aliphatic carbocycles. The Balaban J connectivity index is 1.96. The van der Waals surface area contributed by atoms with E-state index in [2.05, 4.69) is 0 Å². The van der Waals surface area contributed by atoms with E-state index in [1.807, 2.05) is 6.92 Å². The number of carbonyl (C=O) groups is 1. The van der Waals surface area contributed by atoms with Crippen molar-refractivity contribution in [2.24, 2.45) is 0 Å². The van der Waals surface area contributed by atoms with E-state index >= 15 is 0 Å². The number of rotatable bonds is 2. The standard InChI is InChI=1S/C17H24N2O3S/c1-13-6-3-4-11-19(13)23(21,22)16-8-9-17-15(12-16)7-5-10-18(17)14(2)20/h8-9,12-13H,3-7,10-11H2,1-2H3/t13-/m1/s1. The van der Waals surface area contributed by atoms with Crippen molar-refractivity contribution in [3.05, 3.63) is 23.8 Å². The second kappa shape index (κ2) is 6.24. The maximum atomic E-state index is 12.9. The number of aryl methyl sites for hydroxylation is 1. The highest BCUT2D eigenvalue weighted by molar-refractivity contribution is 7.89. The van der Waals surface area contributed by atoms with Crippen LogP contribution in [0.3, 0.4) is 0 Å². The Hall–Kier alpha value is -1.40. The van der Waals surface area contributed by atoms with E-state index in [1.54, 1.807) is 34.3 Å². The van der Waals surface area contributed by atoms with Crippen LogP contribution in [0.5, 0.6) is 0 Å². The van der Waals surface area contributed by atoms with Crippen LogP contribution in [0.25, 0.3) is 0 Å². The molecule has 1 saturated heterocycles. The number of benzene rings is 1. The Kier molecular flexibility index (Phi) is 4.47. The van der Waals surface area contributed by atoms with Crippen molar-refractivity contribution >= 4 is 21.6 Å². The summed E-state index contributed by atoms with van der Waals surface area (Å²) in [5.41, 5.74) is 1.81. The first-order valence-electron chi connectivity index (χ1n) is 8.34. The van der Waals surface area contributed by atoms with Crippen LogP contribution in [-0.2, 0) is 21.2 Å². The number of fused-ring (bicyclic) bond motifs is 1. The zero-order valence-corrected chi connectivity index (χ0v) is 14.6. The maximum Gasteiger partial charge on any atom is 0.243 e. The molecule has 23 heavy (non-hydrogen) atoms. The molecule has 1 atom stereocenters.